The summed E-state index contributed by atoms with van der Waals surface area (Å²) >= 11 is 12.7. The molecule has 0 aliphatic rings. The number of amides is 2. The molecule has 10 heteroatoms. The lowest BCUT2D eigenvalue weighted by Gasteiger charge is -2.32. The maximum absolute atomic E-state index is 13.7. The van der Waals surface area contributed by atoms with E-state index in [1.807, 2.05) is 0 Å². The molecule has 0 bridgehead atoms. The van der Waals surface area contributed by atoms with Crippen LogP contribution in [0.1, 0.15) is 19.4 Å². The predicted octanol–water partition coefficient (Wildman–Crippen LogP) is 4.74. The highest BCUT2D eigenvalue weighted by Crippen LogP contribution is 2.28. The molecule has 0 fully saturated rings. The fourth-order valence-electron chi connectivity index (χ4n) is 3.60. The Kier molecular flexibility index (Phi) is 9.37. The molecular weight excluding hydrogens is 521 g/mol. The van der Waals surface area contributed by atoms with Gasteiger partial charge in [0.05, 0.1) is 10.6 Å². The molecule has 0 saturated carbocycles. The van der Waals surface area contributed by atoms with E-state index < -0.39 is 28.5 Å². The molecule has 1 atom stereocenters. The van der Waals surface area contributed by atoms with Crippen molar-refractivity contribution in [2.24, 2.45) is 0 Å². The topological polar surface area (TPSA) is 86.8 Å². The molecule has 0 saturated heterocycles. The molecule has 2 amide bonds. The van der Waals surface area contributed by atoms with E-state index in [2.05, 4.69) is 5.32 Å². The Labute approximate surface area is 221 Å². The van der Waals surface area contributed by atoms with Crippen molar-refractivity contribution in [2.75, 3.05) is 17.4 Å². The molecular formula is C26H27Cl2N3O4S. The average Bonchev–Trinajstić information content (AvgIpc) is 2.87. The molecule has 1 N–H and O–H groups in total. The van der Waals surface area contributed by atoms with Gasteiger partial charge in [0.15, 0.2) is 0 Å². The minimum absolute atomic E-state index is 0.0409. The van der Waals surface area contributed by atoms with Crippen LogP contribution in [0, 0.1) is 0 Å². The molecule has 3 aromatic carbocycles. The molecule has 0 aliphatic carbocycles. The van der Waals surface area contributed by atoms with Crippen molar-refractivity contribution >= 4 is 50.7 Å². The maximum atomic E-state index is 13.7. The first-order valence-corrected chi connectivity index (χ1v) is 13.5. The number of likely N-dealkylation sites (N-methyl/N-ethyl adjacent to an activating group) is 1. The lowest BCUT2D eigenvalue weighted by atomic mass is 10.1. The normalized spacial score (nSPS) is 12.0. The third-order valence-corrected chi connectivity index (χ3v) is 8.06. The molecule has 0 aromatic heterocycles. The molecule has 190 valence electrons. The fraction of sp³-hybridized carbons (Fsp3) is 0.231. The van der Waals surface area contributed by atoms with Crippen LogP contribution in [0.15, 0.2) is 83.8 Å². The molecule has 0 radical (unpaired) electrons. The van der Waals surface area contributed by atoms with Gasteiger partial charge in [-0.2, -0.15) is 0 Å². The van der Waals surface area contributed by atoms with Gasteiger partial charge in [-0.1, -0.05) is 65.7 Å². The summed E-state index contributed by atoms with van der Waals surface area (Å²) in [4.78, 5) is 27.8. The van der Waals surface area contributed by atoms with Crippen molar-refractivity contribution in [1.82, 2.24) is 10.2 Å². The van der Waals surface area contributed by atoms with Crippen molar-refractivity contribution in [2.45, 2.75) is 31.3 Å². The summed E-state index contributed by atoms with van der Waals surface area (Å²) < 4.78 is 28.2. The van der Waals surface area contributed by atoms with Gasteiger partial charge in [0.25, 0.3) is 10.0 Å². The largest absolute Gasteiger partial charge is 0.355 e. The van der Waals surface area contributed by atoms with Gasteiger partial charge in [0.1, 0.15) is 12.6 Å². The first-order chi connectivity index (χ1) is 17.2. The second kappa shape index (κ2) is 12.3. The molecule has 3 aromatic rings. The summed E-state index contributed by atoms with van der Waals surface area (Å²) in [6.45, 7) is 3.10. The number of hydrogen-bond donors (Lipinski definition) is 1. The molecule has 7 nitrogen and oxygen atoms in total. The highest BCUT2D eigenvalue weighted by Gasteiger charge is 2.32. The number of nitrogens with one attached hydrogen (secondary N) is 1. The fourth-order valence-corrected chi connectivity index (χ4v) is 5.55. The maximum Gasteiger partial charge on any atom is 0.264 e. The quantitative estimate of drug-likeness (QED) is 0.397. The molecule has 0 spiro atoms. The lowest BCUT2D eigenvalue weighted by molar-refractivity contribution is -0.139. The molecule has 0 unspecified atom stereocenters. The van der Waals surface area contributed by atoms with Crippen LogP contribution in [-0.4, -0.2) is 44.3 Å². The Hall–Kier alpha value is -3.07. The van der Waals surface area contributed by atoms with Crippen LogP contribution in [0.2, 0.25) is 10.0 Å². The summed E-state index contributed by atoms with van der Waals surface area (Å²) in [5.74, 6) is -0.973. The van der Waals surface area contributed by atoms with Gasteiger partial charge in [-0.3, -0.25) is 13.9 Å². The van der Waals surface area contributed by atoms with Crippen molar-refractivity contribution in [3.63, 3.8) is 0 Å². The molecule has 0 heterocycles. The van der Waals surface area contributed by atoms with Crippen LogP contribution < -0.4 is 9.62 Å². The Morgan fingerprint density at radius 2 is 1.44 bits per heavy atom. The summed E-state index contributed by atoms with van der Waals surface area (Å²) in [5.41, 5.74) is 0.776. The molecule has 36 heavy (non-hydrogen) atoms. The van der Waals surface area contributed by atoms with Crippen LogP contribution in [0.4, 0.5) is 5.69 Å². The van der Waals surface area contributed by atoms with E-state index in [0.717, 1.165) is 4.31 Å². The van der Waals surface area contributed by atoms with E-state index >= 15 is 0 Å². The van der Waals surface area contributed by atoms with Crippen LogP contribution in [0.25, 0.3) is 0 Å². The molecule has 3 rings (SSSR count). The molecule has 0 aliphatic heterocycles. The zero-order valence-electron chi connectivity index (χ0n) is 19.9. The van der Waals surface area contributed by atoms with E-state index in [9.17, 15) is 18.0 Å². The van der Waals surface area contributed by atoms with Gasteiger partial charge >= 0.3 is 0 Å². The third kappa shape index (κ3) is 6.37. The number of nitrogens with zero attached hydrogens (tertiary/aromatic N) is 2. The second-order valence-corrected chi connectivity index (χ2v) is 10.6. The Bertz CT molecular complexity index is 1290. The number of carbonyl (C=O) groups is 2. The Morgan fingerprint density at radius 3 is 2.00 bits per heavy atom. The number of halogens is 2. The van der Waals surface area contributed by atoms with E-state index in [4.69, 9.17) is 23.2 Å². The minimum Gasteiger partial charge on any atom is -0.355 e. The van der Waals surface area contributed by atoms with Crippen LogP contribution >= 0.6 is 23.2 Å². The highest BCUT2D eigenvalue weighted by molar-refractivity contribution is 7.92. The smallest absolute Gasteiger partial charge is 0.264 e. The van der Waals surface area contributed by atoms with Crippen molar-refractivity contribution < 1.29 is 18.0 Å². The van der Waals surface area contributed by atoms with Gasteiger partial charge < -0.3 is 10.2 Å². The number of hydrogen-bond acceptors (Lipinski definition) is 4. The number of benzene rings is 3. The van der Waals surface area contributed by atoms with Gasteiger partial charge in [0.2, 0.25) is 11.8 Å². The Morgan fingerprint density at radius 1 is 0.889 bits per heavy atom. The van der Waals surface area contributed by atoms with E-state index in [1.54, 1.807) is 80.6 Å². The van der Waals surface area contributed by atoms with Crippen LogP contribution in [-0.2, 0) is 26.2 Å². The van der Waals surface area contributed by atoms with Crippen molar-refractivity contribution in [3.8, 4) is 0 Å². The van der Waals surface area contributed by atoms with E-state index in [-0.39, 0.29) is 17.3 Å². The number of carbonyl (C=O) groups excluding carboxylic acids is 2. The second-order valence-electron chi connectivity index (χ2n) is 7.95. The number of anilines is 1. The first-order valence-electron chi connectivity index (χ1n) is 11.3. The number of sulfonamides is 1. The van der Waals surface area contributed by atoms with E-state index in [0.29, 0.717) is 27.8 Å². The zero-order chi connectivity index (χ0) is 26.3. The summed E-state index contributed by atoms with van der Waals surface area (Å²) in [5, 5.41) is 3.37. The number of rotatable bonds is 10. The number of para-hydroxylation sites is 1. The summed E-state index contributed by atoms with van der Waals surface area (Å²) in [6, 6.07) is 20.2. The highest BCUT2D eigenvalue weighted by atomic mass is 35.5. The SMILES string of the molecule is CCNC(=O)[C@H](C)N(Cc1c(Cl)cccc1Cl)C(=O)CN(c1ccccc1)S(=O)(=O)c1ccccc1. The standard InChI is InChI=1S/C26H27Cl2N3O4S/c1-3-29-26(33)19(2)30(17-22-23(27)15-10-16-24(22)28)25(32)18-31(20-11-6-4-7-12-20)36(34,35)21-13-8-5-9-14-21/h4-16,19H,3,17-18H2,1-2H3,(H,29,33)/t19-/m0/s1. The third-order valence-electron chi connectivity index (χ3n) is 5.56. The van der Waals surface area contributed by atoms with Gasteiger partial charge in [0, 0.05) is 28.7 Å². The van der Waals surface area contributed by atoms with Gasteiger partial charge in [-0.15, -0.1) is 0 Å². The van der Waals surface area contributed by atoms with E-state index in [1.165, 1.54) is 17.0 Å². The first kappa shape index (κ1) is 27.5. The monoisotopic (exact) mass is 547 g/mol. The van der Waals surface area contributed by atoms with Crippen LogP contribution in [0.5, 0.6) is 0 Å². The summed E-state index contributed by atoms with van der Waals surface area (Å²) in [7, 11) is -4.09. The zero-order valence-corrected chi connectivity index (χ0v) is 22.2. The average molecular weight is 548 g/mol. The van der Waals surface area contributed by atoms with Gasteiger partial charge in [-0.05, 0) is 50.2 Å². The van der Waals surface area contributed by atoms with Crippen molar-refractivity contribution in [1.29, 1.82) is 0 Å². The van der Waals surface area contributed by atoms with Crippen molar-refractivity contribution in [3.05, 3.63) is 94.5 Å². The Balaban J connectivity index is 2.03. The predicted molar refractivity (Wildman–Crippen MR) is 143 cm³/mol. The van der Waals surface area contributed by atoms with Gasteiger partial charge in [-0.25, -0.2) is 8.42 Å². The van der Waals surface area contributed by atoms with Crippen LogP contribution in [0.3, 0.4) is 0 Å². The lowest BCUT2D eigenvalue weighted by Crippen LogP contribution is -2.51. The minimum atomic E-state index is -4.09. The summed E-state index contributed by atoms with van der Waals surface area (Å²) in [6.07, 6.45) is 0.